The Labute approximate surface area is 147 Å². The molecule has 0 aromatic carbocycles. The number of esters is 1. The van der Waals surface area contributed by atoms with E-state index >= 15 is 0 Å². The predicted octanol–water partition coefficient (Wildman–Crippen LogP) is 1.09. The van der Waals surface area contributed by atoms with Gasteiger partial charge in [0, 0.05) is 29.7 Å². The monoisotopic (exact) mass is 348 g/mol. The number of nitrogens with zero attached hydrogens (tertiary/aromatic N) is 1. The molecule has 0 saturated heterocycles. The number of allylic oxidation sites excluding steroid dienone is 1. The van der Waals surface area contributed by atoms with Crippen molar-refractivity contribution in [3.05, 3.63) is 34.9 Å². The molecule has 0 atom stereocenters. The summed E-state index contributed by atoms with van der Waals surface area (Å²) in [5, 5.41) is 1.37. The molecule has 8 nitrogen and oxygen atoms in total. The molecule has 0 bridgehead atoms. The molecule has 0 spiro atoms. The van der Waals surface area contributed by atoms with Gasteiger partial charge >= 0.3 is 5.97 Å². The molecular weight excluding hydrogens is 320 g/mol. The Bertz CT molecular complexity index is 660. The van der Waals surface area contributed by atoms with E-state index in [4.69, 9.17) is 23.0 Å². The minimum atomic E-state index is -0.600. The van der Waals surface area contributed by atoms with E-state index in [1.165, 1.54) is 36.9 Å². The van der Waals surface area contributed by atoms with Gasteiger partial charge in [-0.25, -0.2) is 10.6 Å². The number of anilines is 1. The molecule has 1 aliphatic rings. The lowest BCUT2D eigenvalue weighted by atomic mass is 10.1. The molecule has 1 aromatic rings. The van der Waals surface area contributed by atoms with Crippen molar-refractivity contribution >= 4 is 17.9 Å². The van der Waals surface area contributed by atoms with Gasteiger partial charge < -0.3 is 31.9 Å². The third kappa shape index (κ3) is 5.75. The van der Waals surface area contributed by atoms with Crippen LogP contribution in [-0.2, 0) is 9.53 Å². The smallest absolute Gasteiger partial charge is 0.355 e. The number of carbonyl (C=O) groups excluding carboxylic acids is 1. The summed E-state index contributed by atoms with van der Waals surface area (Å²) >= 11 is 0. The van der Waals surface area contributed by atoms with Crippen molar-refractivity contribution in [2.75, 3.05) is 19.4 Å². The molecule has 1 heterocycles. The lowest BCUT2D eigenvalue weighted by Crippen LogP contribution is -2.29. The first kappa shape index (κ1) is 18.7. The van der Waals surface area contributed by atoms with E-state index in [1.54, 1.807) is 0 Å². The highest BCUT2D eigenvalue weighted by molar-refractivity contribution is 5.86. The zero-order chi connectivity index (χ0) is 18.4. The summed E-state index contributed by atoms with van der Waals surface area (Å²) in [4.78, 5) is 14.4. The number of hydrazine groups is 1. The van der Waals surface area contributed by atoms with Crippen molar-refractivity contribution in [1.29, 1.82) is 0 Å². The van der Waals surface area contributed by atoms with Gasteiger partial charge in [-0.3, -0.25) is 0 Å². The van der Waals surface area contributed by atoms with E-state index in [0.29, 0.717) is 18.3 Å². The Hall–Kier alpha value is -2.61. The van der Waals surface area contributed by atoms with Gasteiger partial charge in [0.05, 0.1) is 7.11 Å². The first-order chi connectivity index (χ1) is 11.9. The van der Waals surface area contributed by atoms with Gasteiger partial charge in [0.25, 0.3) is 0 Å². The predicted molar refractivity (Wildman–Crippen MR) is 98.4 cm³/mol. The van der Waals surface area contributed by atoms with Gasteiger partial charge in [0.15, 0.2) is 0 Å². The van der Waals surface area contributed by atoms with Crippen LogP contribution >= 0.6 is 0 Å². The molecule has 1 fully saturated rings. The number of aromatic amines is 1. The van der Waals surface area contributed by atoms with Crippen LogP contribution < -0.4 is 23.0 Å². The van der Waals surface area contributed by atoms with Crippen molar-refractivity contribution in [3.8, 4) is 0 Å². The van der Waals surface area contributed by atoms with Crippen molar-refractivity contribution < 1.29 is 9.53 Å². The molecule has 25 heavy (non-hydrogen) atoms. The highest BCUT2D eigenvalue weighted by atomic mass is 16.5. The van der Waals surface area contributed by atoms with Crippen LogP contribution in [0.25, 0.3) is 6.08 Å². The second kappa shape index (κ2) is 8.48. The zero-order valence-electron chi connectivity index (χ0n) is 14.6. The summed E-state index contributed by atoms with van der Waals surface area (Å²) in [6, 6.07) is 2.09. The molecule has 2 rings (SSSR count). The van der Waals surface area contributed by atoms with E-state index in [1.807, 2.05) is 6.08 Å². The van der Waals surface area contributed by atoms with E-state index in [0.717, 1.165) is 30.5 Å². The van der Waals surface area contributed by atoms with Crippen molar-refractivity contribution in [2.45, 2.75) is 38.0 Å². The quantitative estimate of drug-likeness (QED) is 0.147. The highest BCUT2D eigenvalue weighted by Gasteiger charge is 2.25. The lowest BCUT2D eigenvalue weighted by Gasteiger charge is -2.14. The number of nitrogens with two attached hydrogens (primary N) is 4. The number of hydrogen-bond donors (Lipinski definition) is 5. The average Bonchev–Trinajstić information content (AvgIpc) is 3.36. The fourth-order valence-electron chi connectivity index (χ4n) is 2.55. The third-order valence-electron chi connectivity index (χ3n) is 4.12. The Morgan fingerprint density at radius 1 is 1.40 bits per heavy atom. The molecule has 0 aliphatic heterocycles. The lowest BCUT2D eigenvalue weighted by molar-refractivity contribution is -0.136. The number of ether oxygens (including phenoxy) is 1. The number of methoxy groups -OCH3 is 1. The van der Waals surface area contributed by atoms with Gasteiger partial charge in [-0.05, 0) is 50.2 Å². The molecule has 0 radical (unpaired) electrons. The third-order valence-corrected chi connectivity index (χ3v) is 4.12. The maximum atomic E-state index is 11.2. The van der Waals surface area contributed by atoms with E-state index in [9.17, 15) is 4.79 Å². The fraction of sp³-hybridized carbons (Fsp3) is 0.471. The Balaban J connectivity index is 1.74. The number of H-pyrrole nitrogens is 1. The number of hydrogen-bond acceptors (Lipinski definition) is 7. The molecule has 1 aliphatic carbocycles. The normalized spacial score (nSPS) is 15.3. The number of aromatic nitrogens is 1. The Morgan fingerprint density at radius 3 is 2.76 bits per heavy atom. The van der Waals surface area contributed by atoms with Crippen LogP contribution in [0.1, 0.15) is 49.3 Å². The second-order valence-corrected chi connectivity index (χ2v) is 6.36. The summed E-state index contributed by atoms with van der Waals surface area (Å²) in [6.45, 7) is 0.559. The molecule has 138 valence electrons. The Morgan fingerprint density at radius 2 is 2.12 bits per heavy atom. The van der Waals surface area contributed by atoms with Crippen LogP contribution in [0.2, 0.25) is 0 Å². The van der Waals surface area contributed by atoms with Gasteiger partial charge in [0.1, 0.15) is 11.5 Å². The van der Waals surface area contributed by atoms with Gasteiger partial charge in [-0.15, -0.1) is 0 Å². The molecule has 8 heteroatoms. The summed E-state index contributed by atoms with van der Waals surface area (Å²) in [6.07, 6.45) is 8.16. The average molecular weight is 348 g/mol. The first-order valence-corrected chi connectivity index (χ1v) is 8.42. The van der Waals surface area contributed by atoms with Gasteiger partial charge in [0.2, 0.25) is 0 Å². The van der Waals surface area contributed by atoms with Crippen molar-refractivity contribution in [1.82, 2.24) is 9.99 Å². The minimum absolute atomic E-state index is 0.0289. The maximum Gasteiger partial charge on any atom is 0.355 e. The molecular formula is C17H28N6O2. The summed E-state index contributed by atoms with van der Waals surface area (Å²) < 4.78 is 4.51. The first-order valence-electron chi connectivity index (χ1n) is 8.42. The van der Waals surface area contributed by atoms with Crippen LogP contribution in [0.4, 0.5) is 5.82 Å². The van der Waals surface area contributed by atoms with Crippen molar-refractivity contribution in [3.63, 3.8) is 0 Å². The number of rotatable bonds is 9. The summed E-state index contributed by atoms with van der Waals surface area (Å²) in [5.41, 5.74) is 20.5. The molecule has 1 aromatic heterocycles. The van der Waals surface area contributed by atoms with E-state index in [-0.39, 0.29) is 5.70 Å². The molecule has 9 N–H and O–H groups in total. The SMILES string of the molecule is COC(=O)/C(N)=C/N(N)CCCC/C(N)=C/c1cc(C2CC2)[nH]c1N. The van der Waals surface area contributed by atoms with Crippen LogP contribution in [0.3, 0.4) is 0 Å². The van der Waals surface area contributed by atoms with E-state index < -0.39 is 5.97 Å². The van der Waals surface area contributed by atoms with Gasteiger partial charge in [-0.1, -0.05) is 0 Å². The molecule has 0 amide bonds. The van der Waals surface area contributed by atoms with Crippen LogP contribution in [0.15, 0.2) is 23.7 Å². The summed E-state index contributed by atoms with van der Waals surface area (Å²) in [5.74, 6) is 6.47. The minimum Gasteiger partial charge on any atom is -0.464 e. The fourth-order valence-corrected chi connectivity index (χ4v) is 2.55. The Kier molecular flexibility index (Phi) is 6.35. The topological polar surface area (TPSA) is 149 Å². The van der Waals surface area contributed by atoms with Gasteiger partial charge in [-0.2, -0.15) is 0 Å². The zero-order valence-corrected chi connectivity index (χ0v) is 14.6. The van der Waals surface area contributed by atoms with Crippen LogP contribution in [0, 0.1) is 0 Å². The van der Waals surface area contributed by atoms with E-state index in [2.05, 4.69) is 15.8 Å². The largest absolute Gasteiger partial charge is 0.464 e. The van der Waals surface area contributed by atoms with Crippen molar-refractivity contribution in [2.24, 2.45) is 17.3 Å². The molecule has 0 unspecified atom stereocenters. The number of carbonyl (C=O) groups is 1. The standard InChI is InChI=1S/C17H28N6O2/c1-25-17(24)14(19)10-23(21)7-3-2-4-13(18)8-12-9-15(11-5-6-11)22-16(12)20/h8-11,22H,2-7,18-21H2,1H3/b13-8-,14-10-. The number of nitrogens with one attached hydrogen (secondary N) is 1. The highest BCUT2D eigenvalue weighted by Crippen LogP contribution is 2.40. The maximum absolute atomic E-state index is 11.2. The summed E-state index contributed by atoms with van der Waals surface area (Å²) in [7, 11) is 1.27. The number of nitrogen functional groups attached to an aromatic ring is 1. The number of unbranched alkanes of at least 4 members (excludes halogenated alkanes) is 1. The van der Waals surface area contributed by atoms with Crippen LogP contribution in [0.5, 0.6) is 0 Å². The second-order valence-electron chi connectivity index (χ2n) is 6.36. The molecule has 1 saturated carbocycles. The van der Waals surface area contributed by atoms with Crippen LogP contribution in [-0.4, -0.2) is 29.6 Å².